The minimum atomic E-state index is -2.27. The Morgan fingerprint density at radius 2 is 1.11 bits per heavy atom. The second-order valence-electron chi connectivity index (χ2n) is 1.06. The molecule has 0 spiro atoms. The van der Waals surface area contributed by atoms with Gasteiger partial charge in [0, 0.05) is 0 Å². The maximum Gasteiger partial charge on any atom is 0.174 e. The second-order valence-corrected chi connectivity index (χ2v) is 18.7. The van der Waals surface area contributed by atoms with Crippen LogP contribution in [0.1, 0.15) is 0 Å². The van der Waals surface area contributed by atoms with E-state index in [1.807, 2.05) is 0 Å². The summed E-state index contributed by atoms with van der Waals surface area (Å²) >= 11 is 24.9. The quantitative estimate of drug-likeness (QED) is 0.455. The predicted octanol–water partition coefficient (Wildman–Crippen LogP) is 3.17. The van der Waals surface area contributed by atoms with E-state index in [0.717, 1.165) is 0 Å². The molecule has 0 heterocycles. The van der Waals surface area contributed by atoms with Crippen molar-refractivity contribution in [2.24, 2.45) is 0 Å². The van der Waals surface area contributed by atoms with Gasteiger partial charge in [0.25, 0.3) is 0 Å². The molecule has 0 saturated carbocycles. The van der Waals surface area contributed by atoms with Crippen molar-refractivity contribution in [2.45, 2.75) is 0 Å². The van der Waals surface area contributed by atoms with Crippen LogP contribution in [0.15, 0.2) is 0 Å². The fourth-order valence-electron chi connectivity index (χ4n) is 0.139. The predicted molar refractivity (Wildman–Crippen MR) is 65.6 cm³/mol. The number of hydrogen-bond acceptors (Lipinski definition) is 3. The van der Waals surface area contributed by atoms with Crippen molar-refractivity contribution >= 4 is 81.9 Å². The van der Waals surface area contributed by atoms with E-state index < -0.39 is 9.34 Å². The summed E-state index contributed by atoms with van der Waals surface area (Å²) in [5.74, 6) is 0. The summed E-state index contributed by atoms with van der Waals surface area (Å²) in [4.78, 5) is 0. The van der Waals surface area contributed by atoms with Crippen LogP contribution in [0.3, 0.4) is 0 Å². The molecule has 0 N–H and O–H groups in total. The van der Waals surface area contributed by atoms with Gasteiger partial charge in [-0.05, 0) is 23.6 Å². The molecule has 0 aliphatic carbocycles. The van der Waals surface area contributed by atoms with Crippen LogP contribution >= 0.6 is 58.3 Å². The van der Waals surface area contributed by atoms with Crippen LogP contribution in [-0.4, -0.2) is 0 Å². The van der Waals surface area contributed by atoms with E-state index in [2.05, 4.69) is 49.0 Å². The monoisotopic (exact) mass is 274 g/mol. The molecule has 0 atom stereocenters. The van der Waals surface area contributed by atoms with Crippen molar-refractivity contribution in [1.82, 2.24) is 0 Å². The highest BCUT2D eigenvalue weighted by atomic mass is 33.2. The summed E-state index contributed by atoms with van der Waals surface area (Å²) in [6.07, 6.45) is 0. The topological polar surface area (TPSA) is 9.23 Å². The Kier molecular flexibility index (Phi) is 5.26. The van der Waals surface area contributed by atoms with Crippen LogP contribution in [0.5, 0.6) is 0 Å². The highest BCUT2D eigenvalue weighted by molar-refractivity contribution is 8.96. The van der Waals surface area contributed by atoms with Gasteiger partial charge in [-0.3, -0.25) is 4.31 Å². The summed E-state index contributed by atoms with van der Waals surface area (Å²) < 4.78 is 0.389. The Morgan fingerprint density at radius 3 is 1.11 bits per heavy atom. The number of rotatable bonds is 2. The summed E-state index contributed by atoms with van der Waals surface area (Å²) in [6, 6.07) is 0. The third-order valence-electron chi connectivity index (χ3n) is 0.213. The SMILES string of the molecule is S=P(S)(S)OP(=S)(S)S. The molecule has 0 saturated heterocycles. The third-order valence-corrected chi connectivity index (χ3v) is 5.74. The lowest BCUT2D eigenvalue weighted by Gasteiger charge is -2.13. The van der Waals surface area contributed by atoms with Crippen molar-refractivity contribution in [3.63, 3.8) is 0 Å². The summed E-state index contributed by atoms with van der Waals surface area (Å²) in [7, 11) is 0. The standard InChI is InChI=1S/H4OP2S6/c4-2(5,6)1-3(7,8)9/h(H2,4,5,6)(H2,7,8,9). The van der Waals surface area contributed by atoms with E-state index in [-0.39, 0.29) is 0 Å². The summed E-state index contributed by atoms with van der Waals surface area (Å²) in [5, 5.41) is 0. The molecule has 0 aromatic heterocycles. The van der Waals surface area contributed by atoms with Gasteiger partial charge in [-0.1, -0.05) is 0 Å². The van der Waals surface area contributed by atoms with E-state index >= 15 is 0 Å². The average molecular weight is 274 g/mol. The first kappa shape index (κ1) is 11.7. The first-order chi connectivity index (χ1) is 3.71. The van der Waals surface area contributed by atoms with Crippen LogP contribution < -0.4 is 0 Å². The molecule has 0 bridgehead atoms. The second kappa shape index (κ2) is 4.06. The molecular weight excluding hydrogens is 270 g/mol. The number of hydrogen-bond donors (Lipinski definition) is 4. The molecule has 0 aromatic rings. The Hall–Kier alpha value is 2.66. The largest absolute Gasteiger partial charge is 0.284 e. The van der Waals surface area contributed by atoms with Gasteiger partial charge < -0.3 is 0 Å². The van der Waals surface area contributed by atoms with E-state index in [0.29, 0.717) is 0 Å². The molecule has 9 heteroatoms. The summed E-state index contributed by atoms with van der Waals surface area (Å²) in [6.45, 7) is 0. The maximum atomic E-state index is 4.93. The van der Waals surface area contributed by atoms with E-state index in [1.165, 1.54) is 0 Å². The zero-order valence-corrected chi connectivity index (χ0v) is 10.9. The molecule has 0 aliphatic heterocycles. The lowest BCUT2D eigenvalue weighted by molar-refractivity contribution is 0.741. The van der Waals surface area contributed by atoms with E-state index in [4.69, 9.17) is 27.9 Å². The molecule has 0 fully saturated rings. The van der Waals surface area contributed by atoms with Gasteiger partial charge in [-0.2, -0.15) is 0 Å². The molecular formula is H4OP2S6. The third kappa shape index (κ3) is 10.7. The maximum absolute atomic E-state index is 4.93. The zero-order valence-electron chi connectivity index (χ0n) is 3.91. The molecule has 56 valence electrons. The fraction of sp³-hybridized carbons (Fsp3) is 0. The normalized spacial score (nSPS) is 13.8. The Balaban J connectivity index is 4.07. The average Bonchev–Trinajstić information content (AvgIpc) is 1.14. The number of thiol groups is 4. The van der Waals surface area contributed by atoms with Crippen LogP contribution in [0.25, 0.3) is 0 Å². The minimum Gasteiger partial charge on any atom is -0.284 e. The zero-order chi connectivity index (χ0) is 7.71. The lowest BCUT2D eigenvalue weighted by atomic mass is 15.9. The van der Waals surface area contributed by atoms with Crippen LogP contribution in [0.2, 0.25) is 0 Å². The van der Waals surface area contributed by atoms with Crippen molar-refractivity contribution in [1.29, 1.82) is 0 Å². The van der Waals surface area contributed by atoms with Crippen molar-refractivity contribution < 1.29 is 4.31 Å². The summed E-state index contributed by atoms with van der Waals surface area (Å²) in [5.41, 5.74) is 0. The molecule has 0 rings (SSSR count). The smallest absolute Gasteiger partial charge is 0.174 e. The van der Waals surface area contributed by atoms with Gasteiger partial charge in [-0.15, -0.1) is 49.0 Å². The molecule has 0 aliphatic rings. The molecule has 1 nitrogen and oxygen atoms in total. The lowest BCUT2D eigenvalue weighted by Crippen LogP contribution is -1.62. The molecule has 0 unspecified atom stereocenters. The Labute approximate surface area is 85.5 Å². The Morgan fingerprint density at radius 1 is 0.889 bits per heavy atom. The van der Waals surface area contributed by atoms with Crippen LogP contribution in [-0.2, 0) is 27.9 Å². The van der Waals surface area contributed by atoms with Crippen molar-refractivity contribution in [3.8, 4) is 0 Å². The van der Waals surface area contributed by atoms with Crippen LogP contribution in [0.4, 0.5) is 0 Å². The Bertz CT molecular complexity index is 151. The van der Waals surface area contributed by atoms with Crippen LogP contribution in [0, 0.1) is 0 Å². The van der Waals surface area contributed by atoms with E-state index in [1.54, 1.807) is 0 Å². The first-order valence-corrected chi connectivity index (χ1v) is 11.6. The first-order valence-electron chi connectivity index (χ1n) is 1.53. The van der Waals surface area contributed by atoms with Crippen molar-refractivity contribution in [2.75, 3.05) is 0 Å². The van der Waals surface area contributed by atoms with E-state index in [9.17, 15) is 0 Å². The highest BCUT2D eigenvalue weighted by Crippen LogP contribution is 2.73. The fourth-order valence-corrected chi connectivity index (χ4v) is 11.2. The minimum absolute atomic E-state index is 2.27. The van der Waals surface area contributed by atoms with Gasteiger partial charge in [0.1, 0.15) is 0 Å². The molecule has 0 aromatic carbocycles. The molecule has 9 heavy (non-hydrogen) atoms. The van der Waals surface area contributed by atoms with Gasteiger partial charge in [-0.25, -0.2) is 0 Å². The van der Waals surface area contributed by atoms with Gasteiger partial charge >= 0.3 is 0 Å². The van der Waals surface area contributed by atoms with Gasteiger partial charge in [0.2, 0.25) is 0 Å². The molecule has 0 amide bonds. The van der Waals surface area contributed by atoms with Crippen molar-refractivity contribution in [3.05, 3.63) is 0 Å². The van der Waals surface area contributed by atoms with Gasteiger partial charge in [0.05, 0.1) is 0 Å². The highest BCUT2D eigenvalue weighted by Gasteiger charge is 2.13. The molecule has 0 radical (unpaired) electrons. The van der Waals surface area contributed by atoms with Gasteiger partial charge in [0.15, 0.2) is 9.34 Å².